The molecule has 0 bridgehead atoms. The van der Waals surface area contributed by atoms with Gasteiger partial charge in [0.25, 0.3) is 5.91 Å². The Labute approximate surface area is 155 Å². The molecule has 118 valence electrons. The minimum atomic E-state index is -1.09. The van der Waals surface area contributed by atoms with Gasteiger partial charge in [-0.3, -0.25) is 9.80 Å². The number of nitrogens with one attached hydrogen (secondary N) is 1. The molecule has 2 fully saturated rings. The summed E-state index contributed by atoms with van der Waals surface area (Å²) in [5, 5.41) is 5.86. The second-order valence-electron chi connectivity index (χ2n) is 6.92. The molecule has 2 aliphatic heterocycles. The zero-order valence-corrected chi connectivity index (χ0v) is 16.5. The molecule has 0 saturated carbocycles. The van der Waals surface area contributed by atoms with E-state index in [0.717, 1.165) is 0 Å². The SMILES string of the molecule is CC1CC([C-]=O)N2C(=O)C(C)(NC(=O)OC(C)(C)C)CN12.[Y+3]. The Kier molecular flexibility index (Phi) is 5.80. The molecule has 2 rings (SSSR count). The van der Waals surface area contributed by atoms with Crippen LogP contribution in [-0.2, 0) is 47.0 Å². The number of carbonyl (C=O) groups is 2. The first kappa shape index (κ1) is 19.5. The molecule has 0 aromatic heterocycles. The van der Waals surface area contributed by atoms with Crippen molar-refractivity contribution in [3.05, 3.63) is 0 Å². The first-order chi connectivity index (χ1) is 9.57. The van der Waals surface area contributed by atoms with Crippen LogP contribution < -0.4 is 5.32 Å². The van der Waals surface area contributed by atoms with Crippen LogP contribution in [0.5, 0.6) is 0 Å². The zero-order valence-electron chi connectivity index (χ0n) is 13.7. The number of alkyl carbamates (subject to hydrolysis) is 1. The second-order valence-corrected chi connectivity index (χ2v) is 6.92. The van der Waals surface area contributed by atoms with Crippen LogP contribution in [-0.4, -0.2) is 58.1 Å². The number of hydrogen-bond acceptors (Lipinski definition) is 5. The summed E-state index contributed by atoms with van der Waals surface area (Å²) in [6, 6.07) is -0.516. The topological polar surface area (TPSA) is 79.0 Å². The monoisotopic (exact) mass is 385 g/mol. The largest absolute Gasteiger partial charge is 3.00 e. The summed E-state index contributed by atoms with van der Waals surface area (Å²) < 4.78 is 5.20. The molecule has 0 aliphatic carbocycles. The average Bonchev–Trinajstić information content (AvgIpc) is 2.74. The molecule has 8 heteroatoms. The van der Waals surface area contributed by atoms with Crippen LogP contribution in [0.3, 0.4) is 0 Å². The van der Waals surface area contributed by atoms with E-state index >= 15 is 0 Å². The van der Waals surface area contributed by atoms with Gasteiger partial charge >= 0.3 is 38.8 Å². The zero-order chi connectivity index (χ0) is 16.0. The van der Waals surface area contributed by atoms with Gasteiger partial charge in [-0.15, -0.1) is 0 Å². The molecule has 22 heavy (non-hydrogen) atoms. The van der Waals surface area contributed by atoms with Crippen LogP contribution in [0.2, 0.25) is 0 Å². The van der Waals surface area contributed by atoms with Crippen molar-refractivity contribution in [3.63, 3.8) is 0 Å². The Hall–Kier alpha value is -0.526. The first-order valence-corrected chi connectivity index (χ1v) is 7.06. The predicted molar refractivity (Wildman–Crippen MR) is 74.9 cm³/mol. The maximum absolute atomic E-state index is 12.6. The van der Waals surface area contributed by atoms with Gasteiger partial charge in [0.2, 0.25) is 0 Å². The van der Waals surface area contributed by atoms with Gasteiger partial charge in [-0.2, -0.15) is 0 Å². The summed E-state index contributed by atoms with van der Waals surface area (Å²) in [5.74, 6) is -0.300. The molecule has 0 radical (unpaired) electrons. The maximum Gasteiger partial charge on any atom is 3.00 e. The van der Waals surface area contributed by atoms with E-state index in [1.54, 1.807) is 27.7 Å². The molecule has 2 amide bonds. The third-order valence-corrected chi connectivity index (χ3v) is 3.72. The summed E-state index contributed by atoms with van der Waals surface area (Å²) in [6.45, 7) is 9.18. The minimum absolute atomic E-state index is 0. The van der Waals surface area contributed by atoms with Crippen molar-refractivity contribution in [2.45, 2.75) is 64.3 Å². The van der Waals surface area contributed by atoms with Gasteiger partial charge < -0.3 is 14.8 Å². The molecule has 7 nitrogen and oxygen atoms in total. The Morgan fingerprint density at radius 2 is 2.05 bits per heavy atom. The summed E-state index contributed by atoms with van der Waals surface area (Å²) in [5.41, 5.74) is -1.73. The van der Waals surface area contributed by atoms with Crippen molar-refractivity contribution in [2.75, 3.05) is 6.54 Å². The van der Waals surface area contributed by atoms with Crippen molar-refractivity contribution >= 4 is 18.3 Å². The van der Waals surface area contributed by atoms with Crippen LogP contribution in [0.25, 0.3) is 0 Å². The number of fused-ring (bicyclic) bond motifs is 1. The van der Waals surface area contributed by atoms with Crippen molar-refractivity contribution in [1.82, 2.24) is 15.3 Å². The number of carbonyl (C=O) groups excluding carboxylic acids is 3. The van der Waals surface area contributed by atoms with E-state index in [9.17, 15) is 14.4 Å². The fourth-order valence-corrected chi connectivity index (χ4v) is 2.79. The molecule has 0 aromatic rings. The quantitative estimate of drug-likeness (QED) is 0.705. The Bertz CT molecular complexity index is 479. The maximum atomic E-state index is 12.6. The van der Waals surface area contributed by atoms with Gasteiger partial charge in [-0.1, -0.05) is 0 Å². The Morgan fingerprint density at radius 3 is 2.55 bits per heavy atom. The second kappa shape index (κ2) is 6.53. The van der Waals surface area contributed by atoms with Gasteiger partial charge in [0.1, 0.15) is 11.1 Å². The van der Waals surface area contributed by atoms with Crippen molar-refractivity contribution < 1.29 is 51.8 Å². The molecular weight excluding hydrogens is 363 g/mol. The fraction of sp³-hybridized carbons (Fsp3) is 0.786. The van der Waals surface area contributed by atoms with Gasteiger partial charge in [-0.05, 0) is 47.1 Å². The van der Waals surface area contributed by atoms with Crippen LogP contribution in [0.4, 0.5) is 4.79 Å². The summed E-state index contributed by atoms with van der Waals surface area (Å²) >= 11 is 0. The molecule has 0 spiro atoms. The van der Waals surface area contributed by atoms with Crippen LogP contribution >= 0.6 is 0 Å². The molecule has 2 heterocycles. The van der Waals surface area contributed by atoms with Gasteiger partial charge in [0.15, 0.2) is 0 Å². The fourth-order valence-electron chi connectivity index (χ4n) is 2.79. The number of amides is 2. The summed E-state index contributed by atoms with van der Waals surface area (Å²) in [4.78, 5) is 35.5. The van der Waals surface area contributed by atoms with Crippen molar-refractivity contribution in [2.24, 2.45) is 0 Å². The van der Waals surface area contributed by atoms with E-state index in [4.69, 9.17) is 4.74 Å². The Balaban J connectivity index is 0.00000242. The van der Waals surface area contributed by atoms with Gasteiger partial charge in [-0.25, -0.2) is 16.1 Å². The number of ether oxygens (including phenoxy) is 1. The number of rotatable bonds is 2. The predicted octanol–water partition coefficient (Wildman–Crippen LogP) is 0.597. The molecule has 1 N–H and O–H groups in total. The molecule has 2 aliphatic rings. The third kappa shape index (κ3) is 3.68. The number of hydrazine groups is 1. The number of hydrogen-bond donors (Lipinski definition) is 1. The van der Waals surface area contributed by atoms with E-state index in [0.29, 0.717) is 13.0 Å². The van der Waals surface area contributed by atoms with Crippen LogP contribution in [0.1, 0.15) is 41.0 Å². The van der Waals surface area contributed by atoms with Crippen LogP contribution in [0.15, 0.2) is 0 Å². The molecule has 3 unspecified atom stereocenters. The summed E-state index contributed by atoms with van der Waals surface area (Å²) in [6.07, 6.45) is 1.82. The summed E-state index contributed by atoms with van der Waals surface area (Å²) in [7, 11) is 0. The standard InChI is InChI=1S/C14H22N3O4.Y/c1-9-6-10(7-18)17-11(19)14(5,8-16(9)17)15-12(20)21-13(2,3)4;/h9-10H,6,8H2,1-5H3,(H,15,20);/q-1;+3. The van der Waals surface area contributed by atoms with Crippen molar-refractivity contribution in [3.8, 4) is 0 Å². The molecule has 2 saturated heterocycles. The van der Waals surface area contributed by atoms with Crippen molar-refractivity contribution in [1.29, 1.82) is 0 Å². The van der Waals surface area contributed by atoms with E-state index in [1.165, 1.54) is 5.01 Å². The number of nitrogens with zero attached hydrogens (tertiary/aromatic N) is 2. The Morgan fingerprint density at radius 1 is 1.45 bits per heavy atom. The molecule has 0 aromatic carbocycles. The smallest absolute Gasteiger partial charge is 0.540 e. The normalized spacial score (nSPS) is 31.5. The van der Waals surface area contributed by atoms with Gasteiger partial charge in [0, 0.05) is 6.04 Å². The molecular formula is C14H22N3O4Y+2. The first-order valence-electron chi connectivity index (χ1n) is 7.06. The third-order valence-electron chi connectivity index (χ3n) is 3.72. The van der Waals surface area contributed by atoms with Gasteiger partial charge in [0.05, 0.1) is 6.54 Å². The van der Waals surface area contributed by atoms with E-state index < -0.39 is 23.3 Å². The molecule has 3 atom stereocenters. The minimum Gasteiger partial charge on any atom is -0.540 e. The van der Waals surface area contributed by atoms with E-state index in [-0.39, 0.29) is 44.7 Å². The van der Waals surface area contributed by atoms with Crippen LogP contribution in [0, 0.1) is 0 Å². The van der Waals surface area contributed by atoms with E-state index in [1.807, 2.05) is 18.2 Å². The van der Waals surface area contributed by atoms with E-state index in [2.05, 4.69) is 5.32 Å². The average molecular weight is 385 g/mol.